The minimum absolute atomic E-state index is 0.160. The molecule has 1 aromatic rings. The first-order chi connectivity index (χ1) is 7.80. The van der Waals surface area contributed by atoms with Crippen molar-refractivity contribution in [2.24, 2.45) is 5.41 Å². The van der Waals surface area contributed by atoms with Crippen LogP contribution >= 0.6 is 0 Å². The van der Waals surface area contributed by atoms with E-state index in [2.05, 4.69) is 36.4 Å². The lowest BCUT2D eigenvalue weighted by Gasteiger charge is -2.35. The van der Waals surface area contributed by atoms with Crippen molar-refractivity contribution in [2.45, 2.75) is 32.1 Å². The summed E-state index contributed by atoms with van der Waals surface area (Å²) >= 11 is 0. The molecule has 0 aromatic heterocycles. The molecule has 1 heteroatoms. The van der Waals surface area contributed by atoms with Crippen LogP contribution < -0.4 is 0 Å². The van der Waals surface area contributed by atoms with Crippen molar-refractivity contribution >= 4 is 11.9 Å². The molecule has 3 rings (SSSR count). The molecule has 0 amide bonds. The summed E-state index contributed by atoms with van der Waals surface area (Å²) in [5.41, 5.74) is 2.46. The van der Waals surface area contributed by atoms with E-state index in [-0.39, 0.29) is 5.41 Å². The molecule has 1 aromatic carbocycles. The van der Waals surface area contributed by atoms with Gasteiger partial charge in [0.25, 0.3) is 0 Å². The topological polar surface area (TPSA) is 17.1 Å². The van der Waals surface area contributed by atoms with Gasteiger partial charge in [0, 0.05) is 6.42 Å². The van der Waals surface area contributed by atoms with Gasteiger partial charge in [0.2, 0.25) is 0 Å². The lowest BCUT2D eigenvalue weighted by molar-refractivity contribution is -0.128. The second kappa shape index (κ2) is 3.58. The number of hydrogen-bond donors (Lipinski definition) is 0. The first-order valence-corrected chi connectivity index (χ1v) is 6.11. The van der Waals surface area contributed by atoms with Crippen molar-refractivity contribution in [3.05, 3.63) is 41.5 Å². The fourth-order valence-electron chi connectivity index (χ4n) is 2.98. The number of allylic oxidation sites excluding steroid dienone is 1. The monoisotopic (exact) mass is 212 g/mol. The molecule has 2 aliphatic carbocycles. The van der Waals surface area contributed by atoms with Crippen LogP contribution in [0, 0.1) is 5.41 Å². The Kier molecular flexibility index (Phi) is 2.20. The van der Waals surface area contributed by atoms with Crippen LogP contribution in [0.1, 0.15) is 36.8 Å². The number of fused-ring (bicyclic) bond motifs is 1. The van der Waals surface area contributed by atoms with Crippen molar-refractivity contribution in [2.75, 3.05) is 0 Å². The van der Waals surface area contributed by atoms with Gasteiger partial charge in [-0.15, -0.1) is 0 Å². The Morgan fingerprint density at radius 3 is 2.88 bits per heavy atom. The molecule has 1 saturated carbocycles. The van der Waals surface area contributed by atoms with Crippen LogP contribution in [0.3, 0.4) is 0 Å². The van der Waals surface area contributed by atoms with Gasteiger partial charge in [-0.2, -0.15) is 0 Å². The third kappa shape index (κ3) is 1.42. The molecule has 0 N–H and O–H groups in total. The van der Waals surface area contributed by atoms with E-state index in [1.165, 1.54) is 17.5 Å². The molecule has 0 unspecified atom stereocenters. The highest BCUT2D eigenvalue weighted by Gasteiger charge is 2.39. The standard InChI is InChI=1S/C15H16O/c16-14-7-3-4-9-15(14)10-8-12-5-1-2-6-13(12)11-15/h1-2,5-6,8,10H,3-4,7,9,11H2/t15-/m1/s1. The summed E-state index contributed by atoms with van der Waals surface area (Å²) in [6.45, 7) is 0. The molecule has 16 heavy (non-hydrogen) atoms. The molecule has 1 nitrogen and oxygen atoms in total. The van der Waals surface area contributed by atoms with Crippen LogP contribution in [-0.2, 0) is 11.2 Å². The van der Waals surface area contributed by atoms with E-state index < -0.39 is 0 Å². The summed E-state index contributed by atoms with van der Waals surface area (Å²) in [6, 6.07) is 8.41. The van der Waals surface area contributed by atoms with Crippen LogP contribution in [0.15, 0.2) is 30.3 Å². The van der Waals surface area contributed by atoms with Gasteiger partial charge >= 0.3 is 0 Å². The van der Waals surface area contributed by atoms with E-state index in [9.17, 15) is 4.79 Å². The number of rotatable bonds is 0. The fraction of sp³-hybridized carbons (Fsp3) is 0.400. The van der Waals surface area contributed by atoms with E-state index in [1.54, 1.807) is 0 Å². The lowest BCUT2D eigenvalue weighted by Crippen LogP contribution is -2.35. The number of carbonyl (C=O) groups is 1. The zero-order valence-corrected chi connectivity index (χ0v) is 9.41. The normalized spacial score (nSPS) is 28.1. The van der Waals surface area contributed by atoms with Crippen molar-refractivity contribution in [1.82, 2.24) is 0 Å². The molecule has 2 aliphatic rings. The van der Waals surface area contributed by atoms with E-state index in [0.717, 1.165) is 25.7 Å². The van der Waals surface area contributed by atoms with Crippen LogP contribution in [-0.4, -0.2) is 5.78 Å². The smallest absolute Gasteiger partial charge is 0.143 e. The average Bonchev–Trinajstić information content (AvgIpc) is 2.33. The Morgan fingerprint density at radius 1 is 1.12 bits per heavy atom. The van der Waals surface area contributed by atoms with Gasteiger partial charge in [0.05, 0.1) is 5.41 Å². The van der Waals surface area contributed by atoms with Gasteiger partial charge in [0.1, 0.15) is 5.78 Å². The molecular weight excluding hydrogens is 196 g/mol. The van der Waals surface area contributed by atoms with Gasteiger partial charge < -0.3 is 0 Å². The molecule has 1 atom stereocenters. The number of carbonyl (C=O) groups excluding carboxylic acids is 1. The lowest BCUT2D eigenvalue weighted by atomic mass is 9.66. The molecule has 0 radical (unpaired) electrons. The summed E-state index contributed by atoms with van der Waals surface area (Å²) in [5, 5.41) is 0. The number of ketones is 1. The van der Waals surface area contributed by atoms with Gasteiger partial charge in [0.15, 0.2) is 0 Å². The highest BCUT2D eigenvalue weighted by Crippen LogP contribution is 2.41. The number of Topliss-reactive ketones (excluding diaryl/α,β-unsaturated/α-hetero) is 1. The third-order valence-corrected chi connectivity index (χ3v) is 3.97. The summed E-state index contributed by atoms with van der Waals surface area (Å²) in [6.07, 6.45) is 9.30. The Balaban J connectivity index is 2.00. The Labute approximate surface area is 96.2 Å². The highest BCUT2D eigenvalue weighted by atomic mass is 16.1. The van der Waals surface area contributed by atoms with E-state index in [4.69, 9.17) is 0 Å². The van der Waals surface area contributed by atoms with Crippen LogP contribution in [0.2, 0.25) is 0 Å². The summed E-state index contributed by atoms with van der Waals surface area (Å²) < 4.78 is 0. The van der Waals surface area contributed by atoms with Gasteiger partial charge in [-0.05, 0) is 30.4 Å². The molecule has 82 valence electrons. The third-order valence-electron chi connectivity index (χ3n) is 3.97. The Hall–Kier alpha value is -1.37. The van der Waals surface area contributed by atoms with Gasteiger partial charge in [-0.25, -0.2) is 0 Å². The van der Waals surface area contributed by atoms with Crippen molar-refractivity contribution in [3.63, 3.8) is 0 Å². The summed E-state index contributed by atoms with van der Waals surface area (Å²) in [7, 11) is 0. The largest absolute Gasteiger partial charge is 0.299 e. The molecule has 0 bridgehead atoms. The van der Waals surface area contributed by atoms with E-state index in [1.807, 2.05) is 0 Å². The Bertz CT molecular complexity index is 458. The maximum absolute atomic E-state index is 12.1. The van der Waals surface area contributed by atoms with E-state index in [0.29, 0.717) is 5.78 Å². The van der Waals surface area contributed by atoms with Crippen molar-refractivity contribution in [3.8, 4) is 0 Å². The van der Waals surface area contributed by atoms with Crippen molar-refractivity contribution < 1.29 is 4.79 Å². The highest BCUT2D eigenvalue weighted by molar-refractivity contribution is 5.89. The minimum atomic E-state index is -0.160. The van der Waals surface area contributed by atoms with Crippen LogP contribution in [0.5, 0.6) is 0 Å². The van der Waals surface area contributed by atoms with Crippen LogP contribution in [0.25, 0.3) is 6.08 Å². The molecule has 1 fully saturated rings. The molecule has 0 saturated heterocycles. The Morgan fingerprint density at radius 2 is 2.00 bits per heavy atom. The SMILES string of the molecule is O=C1CCCC[C@]12C=Cc1ccccc1C2. The van der Waals surface area contributed by atoms with Gasteiger partial charge in [-0.1, -0.05) is 42.8 Å². The fourth-order valence-corrected chi connectivity index (χ4v) is 2.98. The number of benzene rings is 1. The predicted octanol–water partition coefficient (Wildman–Crippen LogP) is 3.39. The second-order valence-electron chi connectivity index (χ2n) is 5.00. The minimum Gasteiger partial charge on any atom is -0.299 e. The summed E-state index contributed by atoms with van der Waals surface area (Å²) in [4.78, 5) is 12.1. The van der Waals surface area contributed by atoms with E-state index >= 15 is 0 Å². The molecular formula is C15H16O. The maximum atomic E-state index is 12.1. The van der Waals surface area contributed by atoms with Crippen LogP contribution in [0.4, 0.5) is 0 Å². The average molecular weight is 212 g/mol. The maximum Gasteiger partial charge on any atom is 0.143 e. The number of hydrogen-bond acceptors (Lipinski definition) is 1. The molecule has 0 aliphatic heterocycles. The second-order valence-corrected chi connectivity index (χ2v) is 5.00. The predicted molar refractivity (Wildman–Crippen MR) is 65.1 cm³/mol. The first kappa shape index (κ1) is 9.83. The summed E-state index contributed by atoms with van der Waals surface area (Å²) in [5.74, 6) is 0.449. The van der Waals surface area contributed by atoms with Crippen molar-refractivity contribution in [1.29, 1.82) is 0 Å². The van der Waals surface area contributed by atoms with Gasteiger partial charge in [-0.3, -0.25) is 4.79 Å². The first-order valence-electron chi connectivity index (χ1n) is 6.11. The molecule has 1 spiro atoms. The zero-order chi connectivity index (χ0) is 11.0. The quantitative estimate of drug-likeness (QED) is 0.644. The molecule has 0 heterocycles. The zero-order valence-electron chi connectivity index (χ0n) is 9.41.